The molecule has 0 aliphatic heterocycles. The van der Waals surface area contributed by atoms with Gasteiger partial charge < -0.3 is 14.9 Å². The summed E-state index contributed by atoms with van der Waals surface area (Å²) in [5.41, 5.74) is -0.259. The largest absolute Gasteiger partial charge is 0.394 e. The third-order valence-corrected chi connectivity index (χ3v) is 7.63. The minimum absolute atomic E-state index is 0.0607. The summed E-state index contributed by atoms with van der Waals surface area (Å²) in [5.74, 6) is -1.57. The zero-order valence-corrected chi connectivity index (χ0v) is 16.3. The molecular weight excluding hydrogens is 414 g/mol. The quantitative estimate of drug-likeness (QED) is 0.703. The maximum absolute atomic E-state index is 14.5. The second-order valence-corrected chi connectivity index (χ2v) is 9.47. The fraction of sp³-hybridized carbons (Fsp3) is 0.368. The van der Waals surface area contributed by atoms with E-state index in [9.17, 15) is 22.3 Å². The minimum atomic E-state index is -4.11. The van der Waals surface area contributed by atoms with Gasteiger partial charge >= 0.3 is 0 Å². The van der Waals surface area contributed by atoms with Gasteiger partial charge in [-0.2, -0.15) is 0 Å². The normalized spacial score (nSPS) is 23.2. The Kier molecular flexibility index (Phi) is 6.07. The van der Waals surface area contributed by atoms with Crippen molar-refractivity contribution in [2.45, 2.75) is 34.7 Å². The molecule has 28 heavy (non-hydrogen) atoms. The molecule has 3 rings (SSSR count). The van der Waals surface area contributed by atoms with Crippen molar-refractivity contribution in [3.05, 3.63) is 64.7 Å². The maximum atomic E-state index is 14.5. The van der Waals surface area contributed by atoms with Gasteiger partial charge in [0.25, 0.3) is 0 Å². The van der Waals surface area contributed by atoms with Crippen LogP contribution in [-0.2, 0) is 19.3 Å². The van der Waals surface area contributed by atoms with E-state index >= 15 is 0 Å². The van der Waals surface area contributed by atoms with Crippen molar-refractivity contribution in [2.75, 3.05) is 13.2 Å². The van der Waals surface area contributed by atoms with E-state index in [0.29, 0.717) is 5.02 Å². The van der Waals surface area contributed by atoms with E-state index in [4.69, 9.17) is 21.4 Å². The Morgan fingerprint density at radius 1 is 1.18 bits per heavy atom. The number of aliphatic hydroxyl groups excluding tert-OH is 2. The molecule has 9 heteroatoms. The van der Waals surface area contributed by atoms with Gasteiger partial charge in [-0.3, -0.25) is 0 Å². The number of benzene rings is 2. The second-order valence-electron chi connectivity index (χ2n) is 6.78. The van der Waals surface area contributed by atoms with Crippen molar-refractivity contribution in [1.29, 1.82) is 0 Å². The van der Waals surface area contributed by atoms with Gasteiger partial charge in [0.2, 0.25) is 0 Å². The monoisotopic (exact) mass is 432 g/mol. The number of hydrogen-bond donors (Lipinski definition) is 2. The van der Waals surface area contributed by atoms with Crippen molar-refractivity contribution in [2.24, 2.45) is 0 Å². The zero-order chi connectivity index (χ0) is 20.5. The molecule has 1 unspecified atom stereocenters. The number of aliphatic hydroxyl groups is 2. The number of halogens is 3. The first kappa shape index (κ1) is 21.1. The highest BCUT2D eigenvalue weighted by molar-refractivity contribution is 7.92. The molecule has 2 aromatic rings. The van der Waals surface area contributed by atoms with Crippen LogP contribution in [0.1, 0.15) is 18.4 Å². The van der Waals surface area contributed by atoms with Gasteiger partial charge in [-0.25, -0.2) is 17.2 Å². The van der Waals surface area contributed by atoms with E-state index < -0.39 is 45.0 Å². The van der Waals surface area contributed by atoms with Gasteiger partial charge in [-0.15, -0.1) is 0 Å². The van der Waals surface area contributed by atoms with Gasteiger partial charge in [-0.05, 0) is 55.3 Å². The van der Waals surface area contributed by atoms with Crippen LogP contribution in [0.25, 0.3) is 0 Å². The Balaban J connectivity index is 1.99. The topological polar surface area (TPSA) is 83.8 Å². The molecule has 0 heterocycles. The summed E-state index contributed by atoms with van der Waals surface area (Å²) in [6, 6.07) is 8.17. The summed E-state index contributed by atoms with van der Waals surface area (Å²) in [6.45, 7) is -0.691. The van der Waals surface area contributed by atoms with Crippen LogP contribution >= 0.6 is 11.6 Å². The van der Waals surface area contributed by atoms with E-state index in [1.54, 1.807) is 0 Å². The predicted octanol–water partition coefficient (Wildman–Crippen LogP) is 2.82. The minimum Gasteiger partial charge on any atom is -0.394 e. The third-order valence-electron chi connectivity index (χ3n) is 4.91. The van der Waals surface area contributed by atoms with Gasteiger partial charge in [0.1, 0.15) is 22.5 Å². The molecular formula is C19H19ClF2O5S. The Morgan fingerprint density at radius 3 is 2.43 bits per heavy atom. The highest BCUT2D eigenvalue weighted by atomic mass is 35.5. The van der Waals surface area contributed by atoms with Crippen molar-refractivity contribution < 1.29 is 32.1 Å². The first-order valence-electron chi connectivity index (χ1n) is 8.56. The van der Waals surface area contributed by atoms with Gasteiger partial charge in [-0.1, -0.05) is 11.6 Å². The number of hydrogen-bond acceptors (Lipinski definition) is 5. The summed E-state index contributed by atoms with van der Waals surface area (Å²) >= 11 is 5.83. The van der Waals surface area contributed by atoms with Crippen molar-refractivity contribution >= 4 is 21.4 Å². The van der Waals surface area contributed by atoms with Crippen LogP contribution in [0.5, 0.6) is 0 Å². The van der Waals surface area contributed by atoms with E-state index in [2.05, 4.69) is 0 Å². The SMILES string of the molecule is O=S(=O)(c1ccc(Cl)cc1)C1(c2cc(F)ccc2F)CC(OCC(O)CO)C1. The smallest absolute Gasteiger partial charge is 0.188 e. The summed E-state index contributed by atoms with van der Waals surface area (Å²) in [5, 5.41) is 18.6. The number of ether oxygens (including phenoxy) is 1. The van der Waals surface area contributed by atoms with Gasteiger partial charge in [0.15, 0.2) is 9.84 Å². The zero-order valence-electron chi connectivity index (χ0n) is 14.7. The molecule has 0 bridgehead atoms. The van der Waals surface area contributed by atoms with Crippen LogP contribution in [0.2, 0.25) is 5.02 Å². The lowest BCUT2D eigenvalue weighted by molar-refractivity contribution is -0.0691. The van der Waals surface area contributed by atoms with Crippen molar-refractivity contribution in [3.8, 4) is 0 Å². The molecule has 152 valence electrons. The van der Waals surface area contributed by atoms with Gasteiger partial charge in [0, 0.05) is 10.6 Å². The molecule has 0 amide bonds. The van der Waals surface area contributed by atoms with Crippen LogP contribution in [0, 0.1) is 11.6 Å². The Labute approximate surface area is 166 Å². The average Bonchev–Trinajstić information content (AvgIpc) is 2.63. The lowest BCUT2D eigenvalue weighted by Crippen LogP contribution is -2.52. The molecule has 1 saturated carbocycles. The van der Waals surface area contributed by atoms with Crippen LogP contribution in [0.15, 0.2) is 47.4 Å². The van der Waals surface area contributed by atoms with Crippen LogP contribution in [0.3, 0.4) is 0 Å². The van der Waals surface area contributed by atoms with E-state index in [1.165, 1.54) is 24.3 Å². The molecule has 1 aliphatic rings. The van der Waals surface area contributed by atoms with E-state index in [0.717, 1.165) is 18.2 Å². The molecule has 1 aliphatic carbocycles. The van der Waals surface area contributed by atoms with Gasteiger partial charge in [0.05, 0.1) is 24.2 Å². The summed E-state index contributed by atoms with van der Waals surface area (Å²) in [4.78, 5) is -0.0607. The van der Waals surface area contributed by atoms with E-state index in [-0.39, 0.29) is 29.9 Å². The number of sulfone groups is 1. The molecule has 0 radical (unpaired) electrons. The highest BCUT2D eigenvalue weighted by Crippen LogP contribution is 2.52. The average molecular weight is 433 g/mol. The van der Waals surface area contributed by atoms with E-state index in [1.807, 2.05) is 0 Å². The molecule has 0 spiro atoms. The van der Waals surface area contributed by atoms with Crippen molar-refractivity contribution in [3.63, 3.8) is 0 Å². The fourth-order valence-electron chi connectivity index (χ4n) is 3.36. The third kappa shape index (κ3) is 3.79. The summed E-state index contributed by atoms with van der Waals surface area (Å²) in [7, 11) is -4.11. The maximum Gasteiger partial charge on any atom is 0.188 e. The summed E-state index contributed by atoms with van der Waals surface area (Å²) in [6.07, 6.45) is -1.92. The lowest BCUT2D eigenvalue weighted by atomic mass is 9.76. The molecule has 0 aromatic heterocycles. The summed E-state index contributed by atoms with van der Waals surface area (Å²) < 4.78 is 58.8. The lowest BCUT2D eigenvalue weighted by Gasteiger charge is -2.47. The fourth-order valence-corrected chi connectivity index (χ4v) is 5.69. The molecule has 1 atom stereocenters. The standard InChI is InChI=1S/C19H19ClF2O5S/c20-12-1-4-16(5-2-12)28(25,26)19(17-7-13(21)3-6-18(17)22)8-15(9-19)27-11-14(24)10-23/h1-7,14-15,23-24H,8-11H2. The van der Waals surface area contributed by atoms with Crippen LogP contribution in [0.4, 0.5) is 8.78 Å². The van der Waals surface area contributed by atoms with Crippen molar-refractivity contribution in [1.82, 2.24) is 0 Å². The predicted molar refractivity (Wildman–Crippen MR) is 98.7 cm³/mol. The Hall–Kier alpha value is -1.58. The molecule has 5 nitrogen and oxygen atoms in total. The van der Waals surface area contributed by atoms with Crippen LogP contribution < -0.4 is 0 Å². The Bertz CT molecular complexity index is 943. The first-order valence-corrected chi connectivity index (χ1v) is 10.4. The molecule has 1 fully saturated rings. The van der Waals surface area contributed by atoms with Crippen LogP contribution in [-0.4, -0.2) is 44.1 Å². The molecule has 0 saturated heterocycles. The second kappa shape index (κ2) is 8.04. The molecule has 2 N–H and O–H groups in total. The molecule has 2 aromatic carbocycles. The number of rotatable bonds is 7. The highest BCUT2D eigenvalue weighted by Gasteiger charge is 2.57. The Morgan fingerprint density at radius 2 is 1.82 bits per heavy atom. The first-order chi connectivity index (χ1) is 13.2.